The number of nitrogens with zero attached hydrogens (tertiary/aromatic N) is 8. The fraction of sp³-hybridized carbons (Fsp3) is 0.111. The van der Waals surface area contributed by atoms with Crippen molar-refractivity contribution in [1.82, 2.24) is 14.8 Å². The molecule has 5 N–H and O–H groups in total. The number of thiazole rings is 1. The van der Waals surface area contributed by atoms with Gasteiger partial charge in [0.1, 0.15) is 27.7 Å². The number of H-pyrrole nitrogens is 1. The highest BCUT2D eigenvalue weighted by Gasteiger charge is 2.23. The van der Waals surface area contributed by atoms with Crippen molar-refractivity contribution in [2.24, 2.45) is 30.7 Å². The van der Waals surface area contributed by atoms with Crippen LogP contribution in [0.5, 0.6) is 11.5 Å². The summed E-state index contributed by atoms with van der Waals surface area (Å²) >= 11 is 1.33. The van der Waals surface area contributed by atoms with E-state index in [1.807, 2.05) is 24.3 Å². The Labute approximate surface area is 348 Å². The van der Waals surface area contributed by atoms with Gasteiger partial charge in [0, 0.05) is 16.8 Å². The van der Waals surface area contributed by atoms with Crippen LogP contribution in [0.1, 0.15) is 12.0 Å². The van der Waals surface area contributed by atoms with Crippen LogP contribution in [0.15, 0.2) is 136 Å². The van der Waals surface area contributed by atoms with Crippen LogP contribution in [0, 0.1) is 6.92 Å². The maximum absolute atomic E-state index is 13.0. The van der Waals surface area contributed by atoms with Gasteiger partial charge in [-0.3, -0.25) is 23.6 Å². The van der Waals surface area contributed by atoms with Crippen LogP contribution >= 0.6 is 11.3 Å². The van der Waals surface area contributed by atoms with Crippen LogP contribution < -0.4 is 10.3 Å². The number of phenols is 1. The second-order valence-corrected chi connectivity index (χ2v) is 18.2. The van der Waals surface area contributed by atoms with Crippen molar-refractivity contribution in [3.05, 3.63) is 107 Å². The molecule has 0 fully saturated rings. The number of ether oxygens (including phenoxy) is 1. The molecule has 7 aromatic rings. The fourth-order valence-electron chi connectivity index (χ4n) is 5.76. The number of hydrogen-bond acceptors (Lipinski definition) is 17. The van der Waals surface area contributed by atoms with Crippen molar-refractivity contribution in [2.45, 2.75) is 23.1 Å². The van der Waals surface area contributed by atoms with Crippen molar-refractivity contribution >= 4 is 96.2 Å². The molecule has 2 aromatic heterocycles. The van der Waals surface area contributed by atoms with Crippen molar-refractivity contribution in [3.8, 4) is 17.2 Å². The quantitative estimate of drug-likeness (QED) is 0.0390. The number of aryl methyl sites for hydroxylation is 1. The molecular weight excluding hydrogens is 879 g/mol. The molecule has 0 saturated carbocycles. The van der Waals surface area contributed by atoms with Gasteiger partial charge in [-0.1, -0.05) is 29.5 Å². The molecule has 0 radical (unpaired) electrons. The molecule has 0 amide bonds. The van der Waals surface area contributed by atoms with Gasteiger partial charge in [-0.05, 0) is 79.6 Å². The first-order valence-electron chi connectivity index (χ1n) is 17.3. The summed E-state index contributed by atoms with van der Waals surface area (Å²) in [6, 6.07) is 20.0. The number of fused-ring (bicyclic) bond motifs is 2. The van der Waals surface area contributed by atoms with Gasteiger partial charge in [-0.15, -0.1) is 30.7 Å². The van der Waals surface area contributed by atoms with Crippen molar-refractivity contribution in [2.75, 3.05) is 12.4 Å². The summed E-state index contributed by atoms with van der Waals surface area (Å²) in [4.78, 5) is 16.3. The van der Waals surface area contributed by atoms with Gasteiger partial charge in [0.25, 0.3) is 35.9 Å². The molecule has 5 aromatic carbocycles. The Balaban J connectivity index is 1.19. The monoisotopic (exact) mass is 907 g/mol. The highest BCUT2D eigenvalue weighted by atomic mass is 32.2. The van der Waals surface area contributed by atoms with E-state index in [4.69, 9.17) is 9.29 Å². The highest BCUT2D eigenvalue weighted by Crippen LogP contribution is 2.43. The van der Waals surface area contributed by atoms with Crippen molar-refractivity contribution < 1.29 is 48.8 Å². The second kappa shape index (κ2) is 16.8. The molecule has 21 nitrogen and oxygen atoms in total. The molecule has 0 bridgehead atoms. The van der Waals surface area contributed by atoms with E-state index in [1.54, 1.807) is 13.0 Å². The number of phenolic OH excluding ortho intramolecular Hbond substituents is 1. The van der Waals surface area contributed by atoms with Crippen molar-refractivity contribution in [3.63, 3.8) is 0 Å². The van der Waals surface area contributed by atoms with E-state index in [1.165, 1.54) is 47.7 Å². The van der Waals surface area contributed by atoms with Crippen LogP contribution in [0.3, 0.4) is 0 Å². The Hall–Kier alpha value is -6.61. The molecular formula is C36H29N9O12S4. The summed E-state index contributed by atoms with van der Waals surface area (Å²) < 4.78 is 107. The third-order valence-electron chi connectivity index (χ3n) is 8.62. The predicted octanol–water partition coefficient (Wildman–Crippen LogP) is 8.34. The summed E-state index contributed by atoms with van der Waals surface area (Å²) in [5.74, 6) is -1.02. The van der Waals surface area contributed by atoms with E-state index in [2.05, 4.69) is 40.8 Å². The van der Waals surface area contributed by atoms with Gasteiger partial charge in [-0.25, -0.2) is 9.67 Å². The Morgan fingerprint density at radius 3 is 2.10 bits per heavy atom. The van der Waals surface area contributed by atoms with E-state index >= 15 is 0 Å². The van der Waals surface area contributed by atoms with Crippen LogP contribution in [-0.2, 0) is 30.4 Å². The summed E-state index contributed by atoms with van der Waals surface area (Å²) in [5, 5.41) is 38.7. The first-order chi connectivity index (χ1) is 28.9. The Morgan fingerprint density at radius 1 is 0.738 bits per heavy atom. The molecule has 0 saturated heterocycles. The lowest BCUT2D eigenvalue weighted by molar-refractivity contribution is 0.317. The molecule has 0 aliphatic rings. The number of para-hydroxylation sites is 1. The van der Waals surface area contributed by atoms with Crippen LogP contribution in [0.2, 0.25) is 0 Å². The standard InChI is InChI=1S/C36H29N9O12S4/c1-20-17-29(31(57-15-4-16-59(48,49)50)18-28(20)41-44-36-38-25-5-2-3-6-32(25)58-36)42-39-26-13-12-24-23(33(26)46)11-14-27(34(24)61(54,55)56)40-43-30-19-37-45(35(30)47)21-7-9-22(10-8-21)60(51,52)53/h2-3,5-14,17-19,37,46H,4,15-16H2,1H3,(H,48,49,50)(H,51,52,53)(H,54,55,56). The normalized spacial score (nSPS) is 12.8. The van der Waals surface area contributed by atoms with Crippen molar-refractivity contribution in [1.29, 1.82) is 0 Å². The first kappa shape index (κ1) is 42.5. The fourth-order valence-corrected chi connectivity index (χ4v) is 8.34. The highest BCUT2D eigenvalue weighted by molar-refractivity contribution is 7.86. The first-order valence-corrected chi connectivity index (χ1v) is 22.6. The second-order valence-electron chi connectivity index (χ2n) is 12.8. The Morgan fingerprint density at radius 2 is 1.39 bits per heavy atom. The van der Waals surface area contributed by atoms with Gasteiger partial charge in [0.15, 0.2) is 11.4 Å². The minimum Gasteiger partial charge on any atom is -0.505 e. The average Bonchev–Trinajstić information content (AvgIpc) is 3.79. The zero-order valence-electron chi connectivity index (χ0n) is 31.0. The zero-order valence-corrected chi connectivity index (χ0v) is 34.3. The summed E-state index contributed by atoms with van der Waals surface area (Å²) in [5.41, 5.74) is 0.350. The number of aromatic amines is 1. The third-order valence-corrected chi connectivity index (χ3v) is 12.2. The Kier molecular flexibility index (Phi) is 11.7. The molecule has 0 aliphatic carbocycles. The third kappa shape index (κ3) is 9.73. The minimum absolute atomic E-state index is 0.0748. The van der Waals surface area contributed by atoms with Gasteiger partial charge < -0.3 is 9.84 Å². The van der Waals surface area contributed by atoms with Crippen LogP contribution in [0.4, 0.5) is 33.6 Å². The molecule has 61 heavy (non-hydrogen) atoms. The number of rotatable bonds is 14. The van der Waals surface area contributed by atoms with E-state index in [0.717, 1.165) is 39.3 Å². The van der Waals surface area contributed by atoms with E-state index in [-0.39, 0.29) is 52.3 Å². The van der Waals surface area contributed by atoms with Gasteiger partial charge in [-0.2, -0.15) is 25.3 Å². The minimum atomic E-state index is -5.05. The predicted molar refractivity (Wildman–Crippen MR) is 221 cm³/mol. The van der Waals surface area contributed by atoms with Gasteiger partial charge >= 0.3 is 0 Å². The summed E-state index contributed by atoms with van der Waals surface area (Å²) in [6.45, 7) is 1.55. The van der Waals surface area contributed by atoms with E-state index < -0.39 is 62.9 Å². The number of hydrogen-bond donors (Lipinski definition) is 5. The Bertz CT molecular complexity index is 3310. The van der Waals surface area contributed by atoms with Crippen LogP contribution in [0.25, 0.3) is 26.7 Å². The summed E-state index contributed by atoms with van der Waals surface area (Å²) in [7, 11) is -13.8. The molecule has 0 atom stereocenters. The molecule has 0 unspecified atom stereocenters. The lowest BCUT2D eigenvalue weighted by Crippen LogP contribution is -2.14. The summed E-state index contributed by atoms with van der Waals surface area (Å²) in [6.07, 6.45) is 1.06. The van der Waals surface area contributed by atoms with Gasteiger partial charge in [0.05, 0.1) is 45.0 Å². The molecule has 2 heterocycles. The molecule has 7 rings (SSSR count). The van der Waals surface area contributed by atoms with E-state index in [9.17, 15) is 44.3 Å². The number of benzene rings is 5. The lowest BCUT2D eigenvalue weighted by atomic mass is 10.1. The van der Waals surface area contributed by atoms with Crippen LogP contribution in [-0.4, -0.2) is 71.1 Å². The molecule has 0 spiro atoms. The topological polar surface area (TPSA) is 317 Å². The average molecular weight is 908 g/mol. The number of aromatic nitrogens is 3. The number of azo groups is 3. The maximum Gasteiger partial charge on any atom is 0.298 e. The van der Waals surface area contributed by atoms with Gasteiger partial charge in [0.2, 0.25) is 5.13 Å². The van der Waals surface area contributed by atoms with E-state index in [0.29, 0.717) is 16.4 Å². The smallest absolute Gasteiger partial charge is 0.298 e. The maximum atomic E-state index is 13.0. The largest absolute Gasteiger partial charge is 0.505 e. The number of aromatic hydroxyl groups is 1. The lowest BCUT2D eigenvalue weighted by Gasteiger charge is -2.11. The molecule has 314 valence electrons. The SMILES string of the molecule is Cc1cc(N=Nc2ccc3c(S(=O)(=O)O)c(N=Nc4c[nH]n(-c5ccc(S(=O)(=O)O)cc5)c4=O)ccc3c2O)c(OCCCS(=O)(=O)O)cc1N=Nc1nc2ccccc2s1. The number of nitrogens with one attached hydrogen (secondary N) is 1. The molecule has 25 heteroatoms. The molecule has 0 aliphatic heterocycles. The zero-order chi connectivity index (χ0) is 43.7.